The van der Waals surface area contributed by atoms with Crippen LogP contribution in [0.4, 0.5) is 27.6 Å². The first-order valence-electron chi connectivity index (χ1n) is 12.9. The first-order valence-corrected chi connectivity index (χ1v) is 12.9. The summed E-state index contributed by atoms with van der Waals surface area (Å²) in [5.41, 5.74) is -1.04. The van der Waals surface area contributed by atoms with Gasteiger partial charge in [0.2, 0.25) is 0 Å². The smallest absolute Gasteiger partial charge is 0.482 e. The number of rotatable bonds is 6. The molecule has 2 aliphatic rings. The molecule has 0 unspecified atom stereocenters. The maximum Gasteiger partial charge on any atom is 0.586 e. The van der Waals surface area contributed by atoms with Gasteiger partial charge in [-0.25, -0.2) is 9.48 Å². The molecular weight excluding hydrogens is 597 g/mol. The van der Waals surface area contributed by atoms with E-state index in [-0.39, 0.29) is 57.6 Å². The van der Waals surface area contributed by atoms with Gasteiger partial charge in [0.15, 0.2) is 23.3 Å². The molecule has 6 rings (SSSR count). The average Bonchev–Trinajstić information content (AvgIpc) is 3.53. The molecule has 1 atom stereocenters. The zero-order valence-electron chi connectivity index (χ0n) is 22.5. The number of carbonyl (C=O) groups is 2. The summed E-state index contributed by atoms with van der Waals surface area (Å²) >= 11 is 0. The number of amides is 1. The van der Waals surface area contributed by atoms with Crippen molar-refractivity contribution in [3.63, 3.8) is 0 Å². The van der Waals surface area contributed by atoms with Crippen LogP contribution < -0.4 is 19.1 Å². The lowest BCUT2D eigenvalue weighted by Gasteiger charge is -2.26. The fraction of sp³-hybridized carbons (Fsp3) is 0.207. The number of benzene rings is 3. The van der Waals surface area contributed by atoms with Crippen LogP contribution in [0.15, 0.2) is 66.7 Å². The molecule has 0 radical (unpaired) electrons. The monoisotopic (exact) mass is 617 g/mol. The number of carbonyl (C=O) groups excluding carboxylic acids is 1. The van der Waals surface area contributed by atoms with Crippen LogP contribution in [0.2, 0.25) is 0 Å². The van der Waals surface area contributed by atoms with E-state index in [1.54, 1.807) is 0 Å². The molecule has 1 amide bonds. The molecule has 0 saturated heterocycles. The third-order valence-corrected chi connectivity index (χ3v) is 6.91. The van der Waals surface area contributed by atoms with Crippen molar-refractivity contribution in [1.82, 2.24) is 9.78 Å². The van der Waals surface area contributed by atoms with E-state index in [0.717, 1.165) is 9.58 Å². The molecule has 0 aliphatic carbocycles. The van der Waals surface area contributed by atoms with Gasteiger partial charge in [-0.2, -0.15) is 18.3 Å². The quantitative estimate of drug-likeness (QED) is 0.269. The van der Waals surface area contributed by atoms with E-state index in [4.69, 9.17) is 14.6 Å². The molecular formula is C29H20F5N3O7. The molecule has 0 bridgehead atoms. The zero-order valence-corrected chi connectivity index (χ0v) is 22.5. The largest absolute Gasteiger partial charge is 0.586 e. The SMILES string of the molecule is CN(C(=O)c1cccc(-n2nc(C(F)(F)F)c3c2[C@H](Oc2ccc(C(=O)O)cc2)COC3)c1)c1ccc2c(c1)OC(F)(F)O2. The van der Waals surface area contributed by atoms with Crippen LogP contribution in [0.1, 0.15) is 43.8 Å². The van der Waals surface area contributed by atoms with Crippen molar-refractivity contribution < 1.29 is 55.6 Å². The minimum atomic E-state index is -4.84. The van der Waals surface area contributed by atoms with E-state index in [9.17, 15) is 31.5 Å². The third kappa shape index (κ3) is 5.37. The van der Waals surface area contributed by atoms with E-state index in [1.807, 2.05) is 0 Å². The van der Waals surface area contributed by atoms with E-state index >= 15 is 0 Å². The summed E-state index contributed by atoms with van der Waals surface area (Å²) in [5.74, 6) is -2.06. The number of nitrogens with zero attached hydrogens (tertiary/aromatic N) is 3. The number of aromatic carboxylic acids is 1. The Labute approximate surface area is 244 Å². The van der Waals surface area contributed by atoms with Crippen LogP contribution in [0.25, 0.3) is 5.69 Å². The van der Waals surface area contributed by atoms with Gasteiger partial charge in [0.05, 0.1) is 30.2 Å². The van der Waals surface area contributed by atoms with Crippen molar-refractivity contribution in [2.24, 2.45) is 0 Å². The number of alkyl halides is 5. The predicted molar refractivity (Wildman–Crippen MR) is 140 cm³/mol. The van der Waals surface area contributed by atoms with Crippen molar-refractivity contribution in [2.75, 3.05) is 18.6 Å². The molecule has 2 aliphatic heterocycles. The Balaban J connectivity index is 1.34. The standard InChI is InChI=1S/C29H20F5N3O7/c1-36(17-7-10-21-22(12-17)44-29(33,34)43-21)26(38)16-3-2-4-18(11-16)37-24-20(25(35-37)28(30,31)32)13-41-14-23(24)42-19-8-5-15(6-9-19)27(39)40/h2-12,23H,13-14H2,1H3,(H,39,40)/t23-/m1/s1. The highest BCUT2D eigenvalue weighted by molar-refractivity contribution is 6.06. The number of hydrogen-bond acceptors (Lipinski definition) is 7. The molecule has 1 N–H and O–H groups in total. The van der Waals surface area contributed by atoms with Gasteiger partial charge < -0.3 is 29.0 Å². The number of carboxylic acids is 1. The van der Waals surface area contributed by atoms with Crippen LogP contribution in [0, 0.1) is 0 Å². The fourth-order valence-corrected chi connectivity index (χ4v) is 4.87. The second kappa shape index (κ2) is 10.5. The maximum absolute atomic E-state index is 14.1. The van der Waals surface area contributed by atoms with Gasteiger partial charge in [-0.05, 0) is 54.6 Å². The summed E-state index contributed by atoms with van der Waals surface area (Å²) in [7, 11) is 1.39. The zero-order chi connectivity index (χ0) is 31.4. The first kappa shape index (κ1) is 28.9. The molecule has 10 nitrogen and oxygen atoms in total. The van der Waals surface area contributed by atoms with Crippen LogP contribution in [0.5, 0.6) is 17.2 Å². The molecule has 44 heavy (non-hydrogen) atoms. The number of halogens is 5. The number of carboxylic acid groups (broad SMARTS) is 1. The Bertz CT molecular complexity index is 1770. The van der Waals surface area contributed by atoms with Gasteiger partial charge in [-0.3, -0.25) is 4.79 Å². The lowest BCUT2D eigenvalue weighted by molar-refractivity contribution is -0.286. The van der Waals surface area contributed by atoms with E-state index in [1.165, 1.54) is 73.8 Å². The van der Waals surface area contributed by atoms with Crippen molar-refractivity contribution in [3.8, 4) is 22.9 Å². The Hall–Kier alpha value is -5.18. The Morgan fingerprint density at radius 2 is 1.75 bits per heavy atom. The highest BCUT2D eigenvalue weighted by Crippen LogP contribution is 2.43. The molecule has 228 valence electrons. The van der Waals surface area contributed by atoms with Crippen molar-refractivity contribution in [1.29, 1.82) is 0 Å². The fourth-order valence-electron chi connectivity index (χ4n) is 4.87. The van der Waals surface area contributed by atoms with Gasteiger partial charge >= 0.3 is 18.4 Å². The summed E-state index contributed by atoms with van der Waals surface area (Å²) in [6.45, 7) is -0.534. The average molecular weight is 617 g/mol. The summed E-state index contributed by atoms with van der Waals surface area (Å²) in [6.07, 6.45) is -9.76. The molecule has 3 aromatic carbocycles. The minimum Gasteiger partial charge on any atom is -0.482 e. The van der Waals surface area contributed by atoms with Crippen molar-refractivity contribution in [2.45, 2.75) is 25.2 Å². The first-order chi connectivity index (χ1) is 20.8. The second-order valence-electron chi connectivity index (χ2n) is 9.79. The van der Waals surface area contributed by atoms with Gasteiger partial charge in [-0.15, -0.1) is 8.78 Å². The number of aromatic nitrogens is 2. The number of fused-ring (bicyclic) bond motifs is 2. The van der Waals surface area contributed by atoms with Gasteiger partial charge in [0, 0.05) is 29.9 Å². The normalized spacial score (nSPS) is 16.7. The number of ether oxygens (including phenoxy) is 4. The Kier molecular flexibility index (Phi) is 6.91. The molecule has 0 fully saturated rings. The van der Waals surface area contributed by atoms with E-state index in [0.29, 0.717) is 0 Å². The summed E-state index contributed by atoms with van der Waals surface area (Å²) in [5, 5.41) is 13.0. The summed E-state index contributed by atoms with van der Waals surface area (Å²) in [4.78, 5) is 25.7. The number of anilines is 1. The van der Waals surface area contributed by atoms with Gasteiger partial charge in [-0.1, -0.05) is 6.07 Å². The van der Waals surface area contributed by atoms with Crippen LogP contribution in [-0.4, -0.2) is 46.7 Å². The number of hydrogen-bond donors (Lipinski definition) is 1. The van der Waals surface area contributed by atoms with Crippen LogP contribution in [-0.2, 0) is 17.5 Å². The van der Waals surface area contributed by atoms with Gasteiger partial charge in [0.1, 0.15) is 5.75 Å². The maximum atomic E-state index is 14.1. The molecule has 0 spiro atoms. The van der Waals surface area contributed by atoms with Gasteiger partial charge in [0.25, 0.3) is 5.91 Å². The molecule has 3 heterocycles. The van der Waals surface area contributed by atoms with Crippen molar-refractivity contribution >= 4 is 17.6 Å². The highest BCUT2D eigenvalue weighted by atomic mass is 19.4. The topological polar surface area (TPSA) is 112 Å². The Morgan fingerprint density at radius 1 is 1.02 bits per heavy atom. The second-order valence-corrected chi connectivity index (χ2v) is 9.79. The molecule has 0 saturated carbocycles. The lowest BCUT2D eigenvalue weighted by Crippen LogP contribution is -2.27. The van der Waals surface area contributed by atoms with Crippen LogP contribution >= 0.6 is 0 Å². The highest BCUT2D eigenvalue weighted by Gasteiger charge is 2.44. The third-order valence-electron chi connectivity index (χ3n) is 6.91. The molecule has 1 aromatic heterocycles. The van der Waals surface area contributed by atoms with Crippen LogP contribution in [0.3, 0.4) is 0 Å². The Morgan fingerprint density at radius 3 is 2.45 bits per heavy atom. The molecule has 4 aromatic rings. The summed E-state index contributed by atoms with van der Waals surface area (Å²) in [6, 6.07) is 14.8. The predicted octanol–water partition coefficient (Wildman–Crippen LogP) is 5.84. The van der Waals surface area contributed by atoms with Crippen molar-refractivity contribution in [3.05, 3.63) is 94.8 Å². The minimum absolute atomic E-state index is 0.00697. The summed E-state index contributed by atoms with van der Waals surface area (Å²) < 4.78 is 90.3. The van der Waals surface area contributed by atoms with E-state index < -0.39 is 42.8 Å². The lowest BCUT2D eigenvalue weighted by atomic mass is 10.1. The molecule has 15 heteroatoms. The van der Waals surface area contributed by atoms with E-state index in [2.05, 4.69) is 14.6 Å².